The summed E-state index contributed by atoms with van der Waals surface area (Å²) in [7, 11) is 0. The molecule has 17 heavy (non-hydrogen) atoms. The SMILES string of the molecule is CCN(c1ccccc1F)C(C)(CN)C1CC1. The first-order valence-corrected chi connectivity index (χ1v) is 6.35. The van der Waals surface area contributed by atoms with E-state index >= 15 is 0 Å². The highest BCUT2D eigenvalue weighted by atomic mass is 19.1. The molecule has 1 aliphatic rings. The number of nitrogens with zero attached hydrogens (tertiary/aromatic N) is 1. The zero-order chi connectivity index (χ0) is 12.5. The van der Waals surface area contributed by atoms with E-state index in [1.165, 1.54) is 18.9 Å². The van der Waals surface area contributed by atoms with Crippen LogP contribution >= 0.6 is 0 Å². The molecule has 1 saturated carbocycles. The van der Waals surface area contributed by atoms with Crippen molar-refractivity contribution in [1.82, 2.24) is 0 Å². The molecule has 2 nitrogen and oxygen atoms in total. The van der Waals surface area contributed by atoms with Crippen LogP contribution in [0.5, 0.6) is 0 Å². The maximum absolute atomic E-state index is 13.9. The van der Waals surface area contributed by atoms with Crippen molar-refractivity contribution in [2.75, 3.05) is 18.0 Å². The van der Waals surface area contributed by atoms with Gasteiger partial charge in [-0.3, -0.25) is 0 Å². The Morgan fingerprint density at radius 2 is 2.06 bits per heavy atom. The average molecular weight is 236 g/mol. The van der Waals surface area contributed by atoms with Crippen LogP contribution in [0.1, 0.15) is 26.7 Å². The number of halogens is 1. The molecule has 3 heteroatoms. The fourth-order valence-electron chi connectivity index (χ4n) is 2.68. The van der Waals surface area contributed by atoms with Crippen LogP contribution in [0.3, 0.4) is 0 Å². The van der Waals surface area contributed by atoms with Crippen molar-refractivity contribution in [3.05, 3.63) is 30.1 Å². The summed E-state index contributed by atoms with van der Waals surface area (Å²) in [5.41, 5.74) is 6.51. The smallest absolute Gasteiger partial charge is 0.146 e. The van der Waals surface area contributed by atoms with Crippen LogP contribution in [0.2, 0.25) is 0 Å². The lowest BCUT2D eigenvalue weighted by Crippen LogP contribution is -2.54. The lowest BCUT2D eigenvalue weighted by atomic mass is 9.92. The molecule has 1 aromatic carbocycles. The van der Waals surface area contributed by atoms with Crippen molar-refractivity contribution < 1.29 is 4.39 Å². The van der Waals surface area contributed by atoms with Gasteiger partial charge in [0.15, 0.2) is 0 Å². The molecule has 0 aromatic heterocycles. The highest BCUT2D eigenvalue weighted by molar-refractivity contribution is 5.51. The highest BCUT2D eigenvalue weighted by Crippen LogP contribution is 2.44. The van der Waals surface area contributed by atoms with E-state index in [4.69, 9.17) is 5.73 Å². The Bertz CT molecular complexity index is 390. The van der Waals surface area contributed by atoms with Gasteiger partial charge in [-0.1, -0.05) is 12.1 Å². The molecule has 2 N–H and O–H groups in total. The minimum atomic E-state index is -0.158. The van der Waals surface area contributed by atoms with Gasteiger partial charge in [0.05, 0.1) is 11.2 Å². The third-order valence-electron chi connectivity index (χ3n) is 3.95. The number of para-hydroxylation sites is 1. The maximum atomic E-state index is 13.9. The highest BCUT2D eigenvalue weighted by Gasteiger charge is 2.44. The molecule has 0 radical (unpaired) electrons. The normalized spacial score (nSPS) is 18.8. The van der Waals surface area contributed by atoms with Crippen molar-refractivity contribution in [2.24, 2.45) is 11.7 Å². The average Bonchev–Trinajstić information content (AvgIpc) is 3.16. The van der Waals surface area contributed by atoms with Crippen molar-refractivity contribution >= 4 is 5.69 Å². The summed E-state index contributed by atoms with van der Waals surface area (Å²) in [6, 6.07) is 6.96. The van der Waals surface area contributed by atoms with Gasteiger partial charge in [0.25, 0.3) is 0 Å². The van der Waals surface area contributed by atoms with Gasteiger partial charge in [-0.05, 0) is 44.7 Å². The lowest BCUT2D eigenvalue weighted by molar-refractivity contribution is 0.378. The van der Waals surface area contributed by atoms with Crippen LogP contribution in [0, 0.1) is 11.7 Å². The zero-order valence-corrected chi connectivity index (χ0v) is 10.6. The predicted octanol–water partition coefficient (Wildman–Crippen LogP) is 2.78. The van der Waals surface area contributed by atoms with Gasteiger partial charge in [-0.15, -0.1) is 0 Å². The standard InChI is InChI=1S/C14H21FN2/c1-3-17(13-7-5-4-6-12(13)15)14(2,10-16)11-8-9-11/h4-7,11H,3,8-10,16H2,1-2H3. The largest absolute Gasteiger partial charge is 0.362 e. The first kappa shape index (κ1) is 12.4. The molecule has 0 bridgehead atoms. The molecule has 1 fully saturated rings. The van der Waals surface area contributed by atoms with E-state index in [2.05, 4.69) is 18.7 Å². The van der Waals surface area contributed by atoms with Crippen LogP contribution in [-0.4, -0.2) is 18.6 Å². The lowest BCUT2D eigenvalue weighted by Gasteiger charge is -2.42. The minimum absolute atomic E-state index is 0.114. The molecule has 1 aliphatic carbocycles. The molecule has 2 rings (SSSR count). The van der Waals surface area contributed by atoms with Gasteiger partial charge in [0, 0.05) is 13.1 Å². The van der Waals surface area contributed by atoms with E-state index in [0.29, 0.717) is 18.2 Å². The van der Waals surface area contributed by atoms with E-state index in [1.807, 2.05) is 12.1 Å². The molecule has 0 amide bonds. The van der Waals surface area contributed by atoms with Gasteiger partial charge in [0.2, 0.25) is 0 Å². The monoisotopic (exact) mass is 236 g/mol. The molecular weight excluding hydrogens is 215 g/mol. The second kappa shape index (κ2) is 4.65. The Morgan fingerprint density at radius 3 is 2.53 bits per heavy atom. The van der Waals surface area contributed by atoms with Crippen molar-refractivity contribution in [2.45, 2.75) is 32.2 Å². The van der Waals surface area contributed by atoms with Gasteiger partial charge in [-0.25, -0.2) is 4.39 Å². The molecule has 1 atom stereocenters. The number of likely N-dealkylation sites (N-methyl/N-ethyl adjacent to an activating group) is 1. The van der Waals surface area contributed by atoms with Crippen LogP contribution in [0.4, 0.5) is 10.1 Å². The van der Waals surface area contributed by atoms with Gasteiger partial charge in [-0.2, -0.15) is 0 Å². The summed E-state index contributed by atoms with van der Waals surface area (Å²) in [6.07, 6.45) is 2.41. The summed E-state index contributed by atoms with van der Waals surface area (Å²) < 4.78 is 13.9. The van der Waals surface area contributed by atoms with Gasteiger partial charge >= 0.3 is 0 Å². The second-order valence-electron chi connectivity index (χ2n) is 5.03. The molecule has 1 unspecified atom stereocenters. The molecule has 0 saturated heterocycles. The topological polar surface area (TPSA) is 29.3 Å². The Morgan fingerprint density at radius 1 is 1.41 bits per heavy atom. The molecule has 94 valence electrons. The number of benzene rings is 1. The Hall–Kier alpha value is -1.09. The molecule has 1 aromatic rings. The van der Waals surface area contributed by atoms with Crippen LogP contribution in [0.15, 0.2) is 24.3 Å². The minimum Gasteiger partial charge on any atom is -0.362 e. The van der Waals surface area contributed by atoms with Crippen LogP contribution in [0.25, 0.3) is 0 Å². The fraction of sp³-hybridized carbons (Fsp3) is 0.571. The number of anilines is 1. The molecular formula is C14H21FN2. The maximum Gasteiger partial charge on any atom is 0.146 e. The zero-order valence-electron chi connectivity index (χ0n) is 10.6. The molecule has 0 spiro atoms. The van der Waals surface area contributed by atoms with E-state index in [-0.39, 0.29) is 11.4 Å². The fourth-order valence-corrected chi connectivity index (χ4v) is 2.68. The quantitative estimate of drug-likeness (QED) is 0.851. The Labute approximate surface area is 103 Å². The van der Waals surface area contributed by atoms with Crippen LogP contribution in [-0.2, 0) is 0 Å². The van der Waals surface area contributed by atoms with Crippen molar-refractivity contribution in [3.8, 4) is 0 Å². The predicted molar refractivity (Wildman–Crippen MR) is 69.6 cm³/mol. The first-order chi connectivity index (χ1) is 8.13. The Balaban J connectivity index is 2.35. The number of hydrogen-bond acceptors (Lipinski definition) is 2. The summed E-state index contributed by atoms with van der Waals surface area (Å²) in [6.45, 7) is 5.56. The third kappa shape index (κ3) is 2.16. The summed E-state index contributed by atoms with van der Waals surface area (Å²) >= 11 is 0. The van der Waals surface area contributed by atoms with Gasteiger partial charge in [0.1, 0.15) is 5.82 Å². The molecule has 0 aliphatic heterocycles. The van der Waals surface area contributed by atoms with Gasteiger partial charge < -0.3 is 10.6 Å². The van der Waals surface area contributed by atoms with Crippen molar-refractivity contribution in [3.63, 3.8) is 0 Å². The first-order valence-electron chi connectivity index (χ1n) is 6.35. The van der Waals surface area contributed by atoms with E-state index in [9.17, 15) is 4.39 Å². The Kier molecular flexibility index (Phi) is 3.38. The summed E-state index contributed by atoms with van der Waals surface area (Å²) in [5, 5.41) is 0. The summed E-state index contributed by atoms with van der Waals surface area (Å²) in [5.74, 6) is 0.446. The summed E-state index contributed by atoms with van der Waals surface area (Å²) in [4.78, 5) is 2.12. The number of rotatable bonds is 5. The number of hydrogen-bond donors (Lipinski definition) is 1. The van der Waals surface area contributed by atoms with E-state index in [0.717, 1.165) is 6.54 Å². The third-order valence-corrected chi connectivity index (χ3v) is 3.95. The molecule has 0 heterocycles. The van der Waals surface area contributed by atoms with Crippen molar-refractivity contribution in [1.29, 1.82) is 0 Å². The second-order valence-corrected chi connectivity index (χ2v) is 5.03. The van der Waals surface area contributed by atoms with E-state index in [1.54, 1.807) is 6.07 Å². The van der Waals surface area contributed by atoms with Crippen LogP contribution < -0.4 is 10.6 Å². The van der Waals surface area contributed by atoms with E-state index < -0.39 is 0 Å². The number of nitrogens with two attached hydrogens (primary N) is 1.